The van der Waals surface area contributed by atoms with Crippen molar-refractivity contribution in [3.8, 4) is 5.75 Å². The Balaban J connectivity index is 1.85. The lowest BCUT2D eigenvalue weighted by molar-refractivity contribution is -0.124. The van der Waals surface area contributed by atoms with E-state index in [1.165, 1.54) is 17.5 Å². The van der Waals surface area contributed by atoms with Crippen LogP contribution in [0.25, 0.3) is 0 Å². The highest BCUT2D eigenvalue weighted by atomic mass is 32.2. The van der Waals surface area contributed by atoms with Crippen LogP contribution in [0.15, 0.2) is 23.1 Å². The van der Waals surface area contributed by atoms with Crippen LogP contribution in [0, 0.1) is 0 Å². The molecule has 0 aliphatic carbocycles. The molecule has 1 N–H and O–H groups in total. The molecular weight excluding hydrogens is 348 g/mol. The van der Waals surface area contributed by atoms with Gasteiger partial charge in [0, 0.05) is 25.4 Å². The van der Waals surface area contributed by atoms with E-state index in [0.717, 1.165) is 6.42 Å². The van der Waals surface area contributed by atoms with Crippen LogP contribution in [0.1, 0.15) is 12.8 Å². The molecule has 2 aliphatic rings. The van der Waals surface area contributed by atoms with Gasteiger partial charge < -0.3 is 19.5 Å². The summed E-state index contributed by atoms with van der Waals surface area (Å²) in [5.74, 6) is -0.0287. The quantitative estimate of drug-likeness (QED) is 0.825. The Bertz CT molecular complexity index is 724. The second kappa shape index (κ2) is 7.69. The first-order chi connectivity index (χ1) is 12.0. The smallest absolute Gasteiger partial charge is 0.253 e. The van der Waals surface area contributed by atoms with Crippen molar-refractivity contribution in [1.82, 2.24) is 4.31 Å². The zero-order valence-electron chi connectivity index (χ0n) is 14.1. The average Bonchev–Trinajstić information content (AvgIpc) is 3.17. The van der Waals surface area contributed by atoms with E-state index in [1.54, 1.807) is 12.1 Å². The van der Waals surface area contributed by atoms with Crippen LogP contribution in [0.3, 0.4) is 0 Å². The molecule has 8 nitrogen and oxygen atoms in total. The third kappa shape index (κ3) is 3.95. The number of methoxy groups -OCH3 is 1. The van der Waals surface area contributed by atoms with Gasteiger partial charge in [-0.2, -0.15) is 4.31 Å². The first-order valence-corrected chi connectivity index (χ1v) is 9.65. The van der Waals surface area contributed by atoms with Crippen molar-refractivity contribution in [2.75, 3.05) is 45.3 Å². The van der Waals surface area contributed by atoms with E-state index in [1.807, 2.05) is 0 Å². The number of ether oxygens (including phenoxy) is 3. The molecule has 0 spiro atoms. The summed E-state index contributed by atoms with van der Waals surface area (Å²) >= 11 is 0. The number of anilines is 1. The molecule has 25 heavy (non-hydrogen) atoms. The topological polar surface area (TPSA) is 94.2 Å². The van der Waals surface area contributed by atoms with Crippen LogP contribution >= 0.6 is 0 Å². The van der Waals surface area contributed by atoms with Gasteiger partial charge in [0.15, 0.2) is 0 Å². The minimum Gasteiger partial charge on any atom is -0.495 e. The van der Waals surface area contributed by atoms with E-state index in [-0.39, 0.29) is 29.6 Å². The summed E-state index contributed by atoms with van der Waals surface area (Å²) in [6.07, 6.45) is 1.03. The van der Waals surface area contributed by atoms with Crippen molar-refractivity contribution in [3.05, 3.63) is 18.2 Å². The lowest BCUT2D eigenvalue weighted by Crippen LogP contribution is -2.40. The number of nitrogens with zero attached hydrogens (tertiary/aromatic N) is 1. The van der Waals surface area contributed by atoms with Gasteiger partial charge >= 0.3 is 0 Å². The van der Waals surface area contributed by atoms with Gasteiger partial charge in [0.25, 0.3) is 5.91 Å². The maximum atomic E-state index is 12.9. The Labute approximate surface area is 147 Å². The molecule has 0 radical (unpaired) electrons. The van der Waals surface area contributed by atoms with Crippen LogP contribution in [0.4, 0.5) is 5.69 Å². The van der Waals surface area contributed by atoms with Gasteiger partial charge in [-0.25, -0.2) is 8.42 Å². The maximum Gasteiger partial charge on any atom is 0.253 e. The van der Waals surface area contributed by atoms with Crippen molar-refractivity contribution < 1.29 is 27.4 Å². The number of hydrogen-bond donors (Lipinski definition) is 1. The lowest BCUT2D eigenvalue weighted by Gasteiger charge is -2.27. The molecule has 2 heterocycles. The van der Waals surface area contributed by atoms with E-state index < -0.39 is 16.1 Å². The van der Waals surface area contributed by atoms with Gasteiger partial charge in [0.1, 0.15) is 16.7 Å². The van der Waals surface area contributed by atoms with Crippen molar-refractivity contribution >= 4 is 21.6 Å². The summed E-state index contributed by atoms with van der Waals surface area (Å²) in [7, 11) is -2.32. The first-order valence-electron chi connectivity index (χ1n) is 8.21. The molecule has 1 aromatic carbocycles. The molecule has 2 aliphatic heterocycles. The molecule has 0 saturated carbocycles. The number of nitrogens with one attached hydrogen (secondary N) is 1. The average molecular weight is 370 g/mol. The number of rotatable bonds is 5. The molecule has 2 saturated heterocycles. The highest BCUT2D eigenvalue weighted by Gasteiger charge is 2.30. The van der Waals surface area contributed by atoms with Crippen LogP contribution in [0.5, 0.6) is 5.75 Å². The summed E-state index contributed by atoms with van der Waals surface area (Å²) in [5.41, 5.74) is 0.396. The Morgan fingerprint density at radius 3 is 2.68 bits per heavy atom. The molecule has 9 heteroatoms. The summed E-state index contributed by atoms with van der Waals surface area (Å²) in [6, 6.07) is 4.58. The monoisotopic (exact) mass is 370 g/mol. The first kappa shape index (κ1) is 18.1. The van der Waals surface area contributed by atoms with Gasteiger partial charge in [0.05, 0.1) is 20.3 Å². The van der Waals surface area contributed by atoms with E-state index in [4.69, 9.17) is 14.2 Å². The van der Waals surface area contributed by atoms with Gasteiger partial charge in [0.2, 0.25) is 10.0 Å². The van der Waals surface area contributed by atoms with Crippen LogP contribution in [0.2, 0.25) is 0 Å². The lowest BCUT2D eigenvalue weighted by atomic mass is 10.2. The molecule has 0 aromatic heterocycles. The fraction of sp³-hybridized carbons (Fsp3) is 0.562. The summed E-state index contributed by atoms with van der Waals surface area (Å²) in [4.78, 5) is 12.2. The highest BCUT2D eigenvalue weighted by Crippen LogP contribution is 2.30. The predicted molar refractivity (Wildman–Crippen MR) is 90.2 cm³/mol. The standard InChI is InChI=1S/C16H22N2O6S/c1-22-13-5-4-12(17-16(19)14-3-2-8-24-14)11-15(13)25(20,21)18-6-9-23-10-7-18/h4-5,11,14H,2-3,6-10H2,1H3,(H,17,19)/t14-/m0/s1. The largest absolute Gasteiger partial charge is 0.495 e. The number of amides is 1. The zero-order chi connectivity index (χ0) is 17.9. The van der Waals surface area contributed by atoms with Gasteiger partial charge in [-0.05, 0) is 31.0 Å². The fourth-order valence-corrected chi connectivity index (χ4v) is 4.48. The SMILES string of the molecule is COc1ccc(NC(=O)[C@@H]2CCCO2)cc1S(=O)(=O)N1CCOCC1. The van der Waals surface area contributed by atoms with Crippen LogP contribution in [-0.4, -0.2) is 64.8 Å². The number of carbonyl (C=O) groups is 1. The second-order valence-corrected chi connectivity index (χ2v) is 7.78. The summed E-state index contributed by atoms with van der Waals surface area (Å²) in [5, 5.41) is 2.72. The van der Waals surface area contributed by atoms with Gasteiger partial charge in [-0.3, -0.25) is 4.79 Å². The molecule has 0 bridgehead atoms. The Hall–Kier alpha value is -1.68. The minimum absolute atomic E-state index is 0.0297. The van der Waals surface area contributed by atoms with E-state index >= 15 is 0 Å². The fourth-order valence-electron chi connectivity index (χ4n) is 2.89. The third-order valence-electron chi connectivity index (χ3n) is 4.24. The van der Waals surface area contributed by atoms with Crippen LogP contribution in [-0.2, 0) is 24.3 Å². The van der Waals surface area contributed by atoms with Crippen molar-refractivity contribution in [1.29, 1.82) is 0 Å². The van der Waals surface area contributed by atoms with Crippen molar-refractivity contribution in [3.63, 3.8) is 0 Å². The molecule has 1 aromatic rings. The number of benzene rings is 1. The third-order valence-corrected chi connectivity index (χ3v) is 6.16. The highest BCUT2D eigenvalue weighted by molar-refractivity contribution is 7.89. The molecule has 3 rings (SSSR count). The van der Waals surface area contributed by atoms with E-state index in [2.05, 4.69) is 5.32 Å². The maximum absolute atomic E-state index is 12.9. The number of sulfonamides is 1. The molecule has 2 fully saturated rings. The Kier molecular flexibility index (Phi) is 5.57. The molecule has 0 unspecified atom stereocenters. The molecule has 1 atom stereocenters. The predicted octanol–water partition coefficient (Wildman–Crippen LogP) is 0.834. The summed E-state index contributed by atoms with van der Waals surface area (Å²) in [6.45, 7) is 1.86. The Morgan fingerprint density at radius 2 is 2.04 bits per heavy atom. The molecule has 138 valence electrons. The zero-order valence-corrected chi connectivity index (χ0v) is 14.9. The summed E-state index contributed by atoms with van der Waals surface area (Å²) < 4.78 is 43.0. The second-order valence-electron chi connectivity index (χ2n) is 5.87. The van der Waals surface area contributed by atoms with Crippen molar-refractivity contribution in [2.24, 2.45) is 0 Å². The van der Waals surface area contributed by atoms with Crippen molar-refractivity contribution in [2.45, 2.75) is 23.8 Å². The molecule has 1 amide bonds. The van der Waals surface area contributed by atoms with E-state index in [9.17, 15) is 13.2 Å². The number of carbonyl (C=O) groups excluding carboxylic acids is 1. The Morgan fingerprint density at radius 1 is 1.28 bits per heavy atom. The van der Waals surface area contributed by atoms with Gasteiger partial charge in [-0.1, -0.05) is 0 Å². The van der Waals surface area contributed by atoms with E-state index in [0.29, 0.717) is 31.9 Å². The minimum atomic E-state index is -3.74. The number of morpholine rings is 1. The van der Waals surface area contributed by atoms with Gasteiger partial charge in [-0.15, -0.1) is 0 Å². The number of hydrogen-bond acceptors (Lipinski definition) is 6. The molecular formula is C16H22N2O6S. The normalized spacial score (nSPS) is 21.9. The van der Waals surface area contributed by atoms with Crippen LogP contribution < -0.4 is 10.1 Å².